The van der Waals surface area contributed by atoms with Crippen molar-refractivity contribution in [3.8, 4) is 11.5 Å². The van der Waals surface area contributed by atoms with Crippen LogP contribution in [0.5, 0.6) is 11.5 Å². The molecule has 0 spiro atoms. The van der Waals surface area contributed by atoms with E-state index in [1.54, 1.807) is 12.1 Å². The predicted octanol–water partition coefficient (Wildman–Crippen LogP) is 4.18. The van der Waals surface area contributed by atoms with E-state index in [0.29, 0.717) is 41.8 Å². The minimum atomic E-state index is -0.172. The molecule has 2 aromatic carbocycles. The Labute approximate surface area is 182 Å². The molecule has 1 amide bonds. The predicted molar refractivity (Wildman–Crippen MR) is 122 cm³/mol. The molecule has 0 atom stereocenters. The number of aryl methyl sites for hydroxylation is 2. The van der Waals surface area contributed by atoms with E-state index in [1.165, 1.54) is 30.7 Å². The van der Waals surface area contributed by atoms with Crippen LogP contribution in [0.15, 0.2) is 47.5 Å². The Kier molecular flexibility index (Phi) is 7.65. The summed E-state index contributed by atoms with van der Waals surface area (Å²) in [4.78, 5) is 29.4. The smallest absolute Gasteiger partial charge is 0.261 e. The quantitative estimate of drug-likeness (QED) is 0.529. The Hall–Kier alpha value is -3.35. The van der Waals surface area contributed by atoms with Crippen molar-refractivity contribution in [2.45, 2.75) is 45.6 Å². The molecule has 3 rings (SSSR count). The number of methoxy groups -OCH3 is 2. The number of amides is 1. The number of fused-ring (bicyclic) bond motifs is 1. The number of carbonyl (C=O) groups is 1. The first kappa shape index (κ1) is 22.3. The Morgan fingerprint density at radius 3 is 2.45 bits per heavy atom. The first-order valence-corrected chi connectivity index (χ1v) is 10.6. The van der Waals surface area contributed by atoms with Gasteiger partial charge in [0.05, 0.1) is 31.4 Å². The third kappa shape index (κ3) is 5.63. The van der Waals surface area contributed by atoms with E-state index in [4.69, 9.17) is 9.47 Å². The lowest BCUT2D eigenvalue weighted by Gasteiger charge is -2.11. The van der Waals surface area contributed by atoms with Crippen LogP contribution in [0.25, 0.3) is 10.9 Å². The van der Waals surface area contributed by atoms with Crippen LogP contribution in [0.4, 0.5) is 5.69 Å². The SMILES string of the molecule is CCCCc1ccc(NC(=O)CCCn2cnc3cc(OC)c(OC)cc3c2=O)cc1. The second kappa shape index (κ2) is 10.6. The summed E-state index contributed by atoms with van der Waals surface area (Å²) in [5.41, 5.74) is 2.43. The zero-order chi connectivity index (χ0) is 22.2. The number of anilines is 1. The minimum absolute atomic E-state index is 0.0745. The van der Waals surface area contributed by atoms with E-state index in [2.05, 4.69) is 29.4 Å². The van der Waals surface area contributed by atoms with Gasteiger partial charge in [0.1, 0.15) is 0 Å². The maximum atomic E-state index is 12.8. The van der Waals surface area contributed by atoms with Crippen LogP contribution in [0.2, 0.25) is 0 Å². The Balaban J connectivity index is 1.59. The fraction of sp³-hybridized carbons (Fsp3) is 0.375. The largest absolute Gasteiger partial charge is 0.493 e. The number of hydrogen-bond donors (Lipinski definition) is 1. The van der Waals surface area contributed by atoms with E-state index in [9.17, 15) is 9.59 Å². The second-order valence-electron chi connectivity index (χ2n) is 7.42. The van der Waals surface area contributed by atoms with E-state index < -0.39 is 0 Å². The van der Waals surface area contributed by atoms with Crippen molar-refractivity contribution in [3.05, 3.63) is 58.6 Å². The van der Waals surface area contributed by atoms with Crippen LogP contribution in [0.1, 0.15) is 38.2 Å². The molecule has 1 N–H and O–H groups in total. The zero-order valence-electron chi connectivity index (χ0n) is 18.3. The second-order valence-corrected chi connectivity index (χ2v) is 7.42. The highest BCUT2D eigenvalue weighted by atomic mass is 16.5. The van der Waals surface area contributed by atoms with Gasteiger partial charge in [-0.3, -0.25) is 14.2 Å². The van der Waals surface area contributed by atoms with Gasteiger partial charge in [-0.2, -0.15) is 0 Å². The van der Waals surface area contributed by atoms with Gasteiger partial charge in [-0.25, -0.2) is 4.98 Å². The summed E-state index contributed by atoms with van der Waals surface area (Å²) in [6.07, 6.45) is 5.72. The van der Waals surface area contributed by atoms with Gasteiger partial charge in [-0.1, -0.05) is 25.5 Å². The summed E-state index contributed by atoms with van der Waals surface area (Å²) < 4.78 is 12.1. The van der Waals surface area contributed by atoms with Crippen molar-refractivity contribution >= 4 is 22.5 Å². The molecule has 0 fully saturated rings. The first-order valence-electron chi connectivity index (χ1n) is 10.6. The van der Waals surface area contributed by atoms with E-state index in [0.717, 1.165) is 24.9 Å². The Bertz CT molecular complexity index is 1090. The van der Waals surface area contributed by atoms with Crippen molar-refractivity contribution < 1.29 is 14.3 Å². The molecule has 1 aromatic heterocycles. The molecule has 7 nitrogen and oxygen atoms in total. The van der Waals surface area contributed by atoms with Crippen LogP contribution in [-0.2, 0) is 17.8 Å². The molecule has 0 bridgehead atoms. The van der Waals surface area contributed by atoms with Crippen molar-refractivity contribution in [1.82, 2.24) is 9.55 Å². The van der Waals surface area contributed by atoms with Gasteiger partial charge < -0.3 is 14.8 Å². The average molecular weight is 424 g/mol. The number of hydrogen-bond acceptors (Lipinski definition) is 5. The summed E-state index contributed by atoms with van der Waals surface area (Å²) in [6.45, 7) is 2.57. The number of unbranched alkanes of at least 4 members (excludes halogenated alkanes) is 1. The highest BCUT2D eigenvalue weighted by Crippen LogP contribution is 2.29. The molecular formula is C24H29N3O4. The van der Waals surface area contributed by atoms with Crippen molar-refractivity contribution in [3.63, 3.8) is 0 Å². The summed E-state index contributed by atoms with van der Waals surface area (Å²) in [5.74, 6) is 0.927. The van der Waals surface area contributed by atoms with Crippen molar-refractivity contribution in [2.75, 3.05) is 19.5 Å². The molecule has 7 heteroatoms. The fourth-order valence-corrected chi connectivity index (χ4v) is 3.41. The van der Waals surface area contributed by atoms with Crippen LogP contribution < -0.4 is 20.3 Å². The Morgan fingerprint density at radius 2 is 1.77 bits per heavy atom. The van der Waals surface area contributed by atoms with Crippen molar-refractivity contribution in [1.29, 1.82) is 0 Å². The van der Waals surface area contributed by atoms with Gasteiger partial charge in [-0.15, -0.1) is 0 Å². The molecule has 3 aromatic rings. The fourth-order valence-electron chi connectivity index (χ4n) is 3.41. The standard InChI is InChI=1S/C24H29N3O4/c1-4-5-7-17-9-11-18(12-10-17)26-23(28)8-6-13-27-16-25-20-15-22(31-3)21(30-2)14-19(20)24(27)29/h9-12,14-16H,4-8,13H2,1-3H3,(H,26,28). The number of rotatable bonds is 10. The topological polar surface area (TPSA) is 82.5 Å². The lowest BCUT2D eigenvalue weighted by Crippen LogP contribution is -2.22. The highest BCUT2D eigenvalue weighted by molar-refractivity contribution is 5.90. The monoisotopic (exact) mass is 423 g/mol. The first-order chi connectivity index (χ1) is 15.0. The molecule has 0 unspecified atom stereocenters. The van der Waals surface area contributed by atoms with E-state index in [1.807, 2.05) is 12.1 Å². The van der Waals surface area contributed by atoms with Crippen LogP contribution in [0.3, 0.4) is 0 Å². The summed E-state index contributed by atoms with van der Waals surface area (Å²) in [6, 6.07) is 11.3. The lowest BCUT2D eigenvalue weighted by atomic mass is 10.1. The van der Waals surface area contributed by atoms with Gasteiger partial charge in [0, 0.05) is 24.7 Å². The van der Waals surface area contributed by atoms with Crippen LogP contribution >= 0.6 is 0 Å². The van der Waals surface area contributed by atoms with E-state index >= 15 is 0 Å². The third-order valence-electron chi connectivity index (χ3n) is 5.19. The molecule has 0 saturated heterocycles. The maximum absolute atomic E-state index is 12.8. The number of nitrogens with zero attached hydrogens (tertiary/aromatic N) is 2. The highest BCUT2D eigenvalue weighted by Gasteiger charge is 2.11. The zero-order valence-corrected chi connectivity index (χ0v) is 18.3. The van der Waals surface area contributed by atoms with E-state index in [-0.39, 0.29) is 11.5 Å². The number of benzene rings is 2. The number of ether oxygens (including phenoxy) is 2. The third-order valence-corrected chi connectivity index (χ3v) is 5.19. The molecule has 0 aliphatic carbocycles. The van der Waals surface area contributed by atoms with Gasteiger partial charge in [-0.05, 0) is 43.0 Å². The normalized spacial score (nSPS) is 10.8. The van der Waals surface area contributed by atoms with Crippen LogP contribution in [0, 0.1) is 0 Å². The molecule has 0 saturated carbocycles. The number of nitrogens with one attached hydrogen (secondary N) is 1. The molecule has 1 heterocycles. The van der Waals surface area contributed by atoms with Crippen LogP contribution in [-0.4, -0.2) is 29.7 Å². The minimum Gasteiger partial charge on any atom is -0.493 e. The average Bonchev–Trinajstić information content (AvgIpc) is 2.79. The number of aromatic nitrogens is 2. The van der Waals surface area contributed by atoms with Gasteiger partial charge >= 0.3 is 0 Å². The van der Waals surface area contributed by atoms with Gasteiger partial charge in [0.15, 0.2) is 11.5 Å². The molecular weight excluding hydrogens is 394 g/mol. The number of carbonyl (C=O) groups excluding carboxylic acids is 1. The summed E-state index contributed by atoms with van der Waals surface area (Å²) in [7, 11) is 3.06. The molecule has 0 aliphatic rings. The van der Waals surface area contributed by atoms with Crippen molar-refractivity contribution in [2.24, 2.45) is 0 Å². The molecule has 0 aliphatic heterocycles. The van der Waals surface area contributed by atoms with Gasteiger partial charge in [0.25, 0.3) is 5.56 Å². The maximum Gasteiger partial charge on any atom is 0.261 e. The summed E-state index contributed by atoms with van der Waals surface area (Å²) in [5, 5.41) is 3.36. The molecule has 0 radical (unpaired) electrons. The van der Waals surface area contributed by atoms with Gasteiger partial charge in [0.2, 0.25) is 5.91 Å². The molecule has 31 heavy (non-hydrogen) atoms. The lowest BCUT2D eigenvalue weighted by molar-refractivity contribution is -0.116. The summed E-state index contributed by atoms with van der Waals surface area (Å²) >= 11 is 0. The Morgan fingerprint density at radius 1 is 1.06 bits per heavy atom. The molecule has 164 valence electrons.